The quantitative estimate of drug-likeness (QED) is 0.811. The molecule has 1 unspecified atom stereocenters. The third-order valence-electron chi connectivity index (χ3n) is 2.71. The van der Waals surface area contributed by atoms with Crippen molar-refractivity contribution >= 4 is 17.8 Å². The molecule has 0 radical (unpaired) electrons. The van der Waals surface area contributed by atoms with Crippen LogP contribution in [-0.4, -0.2) is 40.4 Å². The van der Waals surface area contributed by atoms with Crippen molar-refractivity contribution in [3.8, 4) is 0 Å². The van der Waals surface area contributed by atoms with Crippen LogP contribution in [0.1, 0.15) is 19.4 Å². The highest BCUT2D eigenvalue weighted by molar-refractivity contribution is 5.88. The Morgan fingerprint density at radius 2 is 1.86 bits per heavy atom. The van der Waals surface area contributed by atoms with E-state index in [4.69, 9.17) is 5.11 Å². The summed E-state index contributed by atoms with van der Waals surface area (Å²) in [5.41, 5.74) is 0.598. The number of rotatable bonds is 6. The van der Waals surface area contributed by atoms with Crippen molar-refractivity contribution in [1.82, 2.24) is 10.2 Å². The Labute approximate surface area is 121 Å². The molecule has 0 aliphatic heterocycles. The minimum atomic E-state index is -1.17. The number of carbonyl (C=O) groups is 3. The average molecular weight is 296 g/mol. The standard InChI is InChI=1S/C14H17FN2O4/c1-9(16-10(2)18)14(21)17(8-13(19)20)7-11-3-5-12(15)6-4-11/h3-6,9H,7-8H2,1-2H3,(H,16,18)(H,19,20). The Hall–Kier alpha value is -2.44. The summed E-state index contributed by atoms with van der Waals surface area (Å²) >= 11 is 0. The fourth-order valence-electron chi connectivity index (χ4n) is 1.83. The first-order valence-corrected chi connectivity index (χ1v) is 6.31. The molecule has 1 rings (SSSR count). The topological polar surface area (TPSA) is 86.7 Å². The Bertz CT molecular complexity index is 530. The van der Waals surface area contributed by atoms with Crippen LogP contribution in [0.3, 0.4) is 0 Å². The highest BCUT2D eigenvalue weighted by atomic mass is 19.1. The van der Waals surface area contributed by atoms with E-state index in [2.05, 4.69) is 5.32 Å². The maximum atomic E-state index is 12.8. The number of hydrogen-bond donors (Lipinski definition) is 2. The van der Waals surface area contributed by atoms with Crippen LogP contribution in [0.2, 0.25) is 0 Å². The molecule has 0 fully saturated rings. The highest BCUT2D eigenvalue weighted by Crippen LogP contribution is 2.08. The number of amides is 2. The van der Waals surface area contributed by atoms with Gasteiger partial charge in [-0.2, -0.15) is 0 Å². The second-order valence-corrected chi connectivity index (χ2v) is 4.64. The zero-order valence-electron chi connectivity index (χ0n) is 11.8. The monoisotopic (exact) mass is 296 g/mol. The zero-order valence-corrected chi connectivity index (χ0v) is 11.8. The van der Waals surface area contributed by atoms with Crippen molar-refractivity contribution in [2.75, 3.05) is 6.54 Å². The van der Waals surface area contributed by atoms with Gasteiger partial charge in [-0.3, -0.25) is 14.4 Å². The Morgan fingerprint density at radius 3 is 2.33 bits per heavy atom. The second-order valence-electron chi connectivity index (χ2n) is 4.64. The van der Waals surface area contributed by atoms with Gasteiger partial charge in [-0.15, -0.1) is 0 Å². The lowest BCUT2D eigenvalue weighted by Gasteiger charge is -2.24. The molecule has 1 atom stereocenters. The van der Waals surface area contributed by atoms with E-state index in [0.29, 0.717) is 5.56 Å². The average Bonchev–Trinajstić information content (AvgIpc) is 2.38. The van der Waals surface area contributed by atoms with Crippen LogP contribution in [0.25, 0.3) is 0 Å². The lowest BCUT2D eigenvalue weighted by Crippen LogP contribution is -2.47. The smallest absolute Gasteiger partial charge is 0.323 e. The van der Waals surface area contributed by atoms with Gasteiger partial charge in [0.1, 0.15) is 18.4 Å². The van der Waals surface area contributed by atoms with Gasteiger partial charge >= 0.3 is 5.97 Å². The van der Waals surface area contributed by atoms with E-state index in [1.54, 1.807) is 0 Å². The molecule has 0 saturated carbocycles. The van der Waals surface area contributed by atoms with Gasteiger partial charge in [0.25, 0.3) is 0 Å². The number of halogens is 1. The molecular weight excluding hydrogens is 279 g/mol. The predicted molar refractivity (Wildman–Crippen MR) is 72.7 cm³/mol. The first-order chi connectivity index (χ1) is 9.79. The van der Waals surface area contributed by atoms with Crippen molar-refractivity contribution in [2.24, 2.45) is 0 Å². The Kier molecular flexibility index (Phi) is 5.83. The molecule has 7 heteroatoms. The lowest BCUT2D eigenvalue weighted by molar-refractivity contribution is -0.146. The summed E-state index contributed by atoms with van der Waals surface area (Å²) in [7, 11) is 0. The molecule has 0 aliphatic carbocycles. The number of nitrogens with zero attached hydrogens (tertiary/aromatic N) is 1. The predicted octanol–water partition coefficient (Wildman–Crippen LogP) is 0.763. The summed E-state index contributed by atoms with van der Waals surface area (Å²) in [4.78, 5) is 35.1. The number of carboxylic acid groups (broad SMARTS) is 1. The summed E-state index contributed by atoms with van der Waals surface area (Å²) in [6, 6.07) is 4.58. The summed E-state index contributed by atoms with van der Waals surface area (Å²) in [6.07, 6.45) is 0. The molecule has 2 amide bonds. The summed E-state index contributed by atoms with van der Waals surface area (Å²) < 4.78 is 12.8. The van der Waals surface area contributed by atoms with Crippen LogP contribution in [0.4, 0.5) is 4.39 Å². The maximum absolute atomic E-state index is 12.8. The summed E-state index contributed by atoms with van der Waals surface area (Å²) in [5.74, 6) is -2.48. The van der Waals surface area contributed by atoms with E-state index in [1.165, 1.54) is 38.1 Å². The molecule has 0 aromatic heterocycles. The highest BCUT2D eigenvalue weighted by Gasteiger charge is 2.23. The van der Waals surface area contributed by atoms with Gasteiger partial charge in [0.05, 0.1) is 0 Å². The zero-order chi connectivity index (χ0) is 16.0. The molecule has 0 aliphatic rings. The molecule has 0 saturated heterocycles. The molecule has 2 N–H and O–H groups in total. The van der Waals surface area contributed by atoms with Crippen LogP contribution < -0.4 is 5.32 Å². The van der Waals surface area contributed by atoms with Gasteiger partial charge in [0.2, 0.25) is 11.8 Å². The number of aliphatic carboxylic acids is 1. The van der Waals surface area contributed by atoms with Gasteiger partial charge in [0, 0.05) is 13.5 Å². The van der Waals surface area contributed by atoms with E-state index in [1.807, 2.05) is 0 Å². The third-order valence-corrected chi connectivity index (χ3v) is 2.71. The Balaban J connectivity index is 2.84. The fourth-order valence-corrected chi connectivity index (χ4v) is 1.83. The van der Waals surface area contributed by atoms with Crippen molar-refractivity contribution in [3.63, 3.8) is 0 Å². The summed E-state index contributed by atoms with van der Waals surface area (Å²) in [5, 5.41) is 11.3. The van der Waals surface area contributed by atoms with Gasteiger partial charge in [0.15, 0.2) is 0 Å². The van der Waals surface area contributed by atoms with Gasteiger partial charge < -0.3 is 15.3 Å². The molecule has 114 valence electrons. The Morgan fingerprint density at radius 1 is 1.29 bits per heavy atom. The normalized spacial score (nSPS) is 11.6. The molecule has 0 heterocycles. The maximum Gasteiger partial charge on any atom is 0.323 e. The number of benzene rings is 1. The summed E-state index contributed by atoms with van der Waals surface area (Å²) in [6.45, 7) is 2.27. The van der Waals surface area contributed by atoms with E-state index in [0.717, 1.165) is 4.90 Å². The van der Waals surface area contributed by atoms with Crippen LogP contribution in [0, 0.1) is 5.82 Å². The molecule has 0 spiro atoms. The van der Waals surface area contributed by atoms with Crippen molar-refractivity contribution in [2.45, 2.75) is 26.4 Å². The van der Waals surface area contributed by atoms with E-state index in [9.17, 15) is 18.8 Å². The molecular formula is C14H17FN2O4. The molecule has 21 heavy (non-hydrogen) atoms. The van der Waals surface area contributed by atoms with E-state index >= 15 is 0 Å². The van der Waals surface area contributed by atoms with Crippen molar-refractivity contribution in [1.29, 1.82) is 0 Å². The third kappa shape index (κ3) is 5.60. The molecule has 1 aromatic rings. The van der Waals surface area contributed by atoms with Gasteiger partial charge in [-0.1, -0.05) is 12.1 Å². The molecule has 6 nitrogen and oxygen atoms in total. The minimum absolute atomic E-state index is 0.0232. The second kappa shape index (κ2) is 7.37. The minimum Gasteiger partial charge on any atom is -0.480 e. The number of carboxylic acids is 1. The van der Waals surface area contributed by atoms with E-state index in [-0.39, 0.29) is 12.5 Å². The number of hydrogen-bond acceptors (Lipinski definition) is 3. The number of carbonyl (C=O) groups excluding carboxylic acids is 2. The van der Waals surface area contributed by atoms with Crippen LogP contribution in [0.5, 0.6) is 0 Å². The van der Waals surface area contributed by atoms with Crippen molar-refractivity contribution in [3.05, 3.63) is 35.6 Å². The largest absolute Gasteiger partial charge is 0.480 e. The molecule has 0 bridgehead atoms. The SMILES string of the molecule is CC(=O)NC(C)C(=O)N(CC(=O)O)Cc1ccc(F)cc1. The van der Waals surface area contributed by atoms with Crippen molar-refractivity contribution < 1.29 is 23.9 Å². The van der Waals surface area contributed by atoms with Crippen LogP contribution in [0.15, 0.2) is 24.3 Å². The molecule has 1 aromatic carbocycles. The van der Waals surface area contributed by atoms with Gasteiger partial charge in [-0.25, -0.2) is 4.39 Å². The first kappa shape index (κ1) is 16.6. The fraction of sp³-hybridized carbons (Fsp3) is 0.357. The van der Waals surface area contributed by atoms with Crippen LogP contribution >= 0.6 is 0 Å². The van der Waals surface area contributed by atoms with Crippen LogP contribution in [-0.2, 0) is 20.9 Å². The van der Waals surface area contributed by atoms with E-state index < -0.39 is 30.3 Å². The lowest BCUT2D eigenvalue weighted by atomic mass is 10.2. The van der Waals surface area contributed by atoms with Gasteiger partial charge in [-0.05, 0) is 24.6 Å². The number of nitrogens with one attached hydrogen (secondary N) is 1. The first-order valence-electron chi connectivity index (χ1n) is 6.31.